The summed E-state index contributed by atoms with van der Waals surface area (Å²) in [6, 6.07) is 0. The quantitative estimate of drug-likeness (QED) is 0.743. The van der Waals surface area contributed by atoms with Gasteiger partial charge in [-0.15, -0.1) is 0 Å². The van der Waals surface area contributed by atoms with Crippen molar-refractivity contribution >= 4 is 5.82 Å². The summed E-state index contributed by atoms with van der Waals surface area (Å²) in [4.78, 5) is 8.28. The van der Waals surface area contributed by atoms with E-state index in [0.717, 1.165) is 30.9 Å². The van der Waals surface area contributed by atoms with Crippen LogP contribution in [0.1, 0.15) is 12.0 Å². The number of hydrogen-bond acceptors (Lipinski definition) is 5. The number of ether oxygens (including phenoxy) is 1. The molecule has 0 spiro atoms. The van der Waals surface area contributed by atoms with Gasteiger partial charge in [0.2, 0.25) is 5.88 Å². The summed E-state index contributed by atoms with van der Waals surface area (Å²) in [7, 11) is 1.62. The fraction of sp³-hybridized carbons (Fsp3) is 0.556. The molecule has 5 heteroatoms. The molecule has 1 aromatic rings. The molecule has 0 amide bonds. The van der Waals surface area contributed by atoms with Gasteiger partial charge in [0, 0.05) is 13.1 Å². The zero-order valence-corrected chi connectivity index (χ0v) is 8.45. The number of nitrogens with one attached hydrogen (secondary N) is 1. The van der Waals surface area contributed by atoms with Crippen LogP contribution in [0.4, 0.5) is 5.82 Å². The zero-order chi connectivity index (χ0) is 9.97. The van der Waals surface area contributed by atoms with Gasteiger partial charge in [-0.3, -0.25) is 5.01 Å². The van der Waals surface area contributed by atoms with Crippen LogP contribution < -0.4 is 15.2 Å². The minimum atomic E-state index is 0.642. The highest BCUT2D eigenvalue weighted by Crippen LogP contribution is 2.23. The highest BCUT2D eigenvalue weighted by atomic mass is 16.5. The first kappa shape index (κ1) is 9.21. The first-order valence-corrected chi connectivity index (χ1v) is 4.69. The molecule has 0 aliphatic carbocycles. The summed E-state index contributed by atoms with van der Waals surface area (Å²) in [6.07, 6.45) is 2.67. The highest BCUT2D eigenvalue weighted by molar-refractivity contribution is 5.49. The van der Waals surface area contributed by atoms with E-state index in [-0.39, 0.29) is 0 Å². The number of hydrogen-bond donors (Lipinski definition) is 1. The molecule has 1 saturated heterocycles. The molecule has 0 aromatic carbocycles. The molecule has 0 bridgehead atoms. The van der Waals surface area contributed by atoms with Crippen LogP contribution in [0.3, 0.4) is 0 Å². The van der Waals surface area contributed by atoms with E-state index in [0.29, 0.717) is 5.88 Å². The van der Waals surface area contributed by atoms with Crippen LogP contribution in [0.25, 0.3) is 0 Å². The molecule has 1 aliphatic rings. The van der Waals surface area contributed by atoms with Crippen molar-refractivity contribution in [3.63, 3.8) is 0 Å². The van der Waals surface area contributed by atoms with Gasteiger partial charge in [-0.25, -0.2) is 15.4 Å². The van der Waals surface area contributed by atoms with Crippen LogP contribution in [0.5, 0.6) is 5.88 Å². The third-order valence-electron chi connectivity index (χ3n) is 2.32. The van der Waals surface area contributed by atoms with Crippen molar-refractivity contribution < 1.29 is 4.74 Å². The Labute approximate surface area is 83.1 Å². The number of hydrazine groups is 1. The summed E-state index contributed by atoms with van der Waals surface area (Å²) in [5, 5.41) is 2.04. The van der Waals surface area contributed by atoms with Gasteiger partial charge in [-0.1, -0.05) is 0 Å². The van der Waals surface area contributed by atoms with E-state index in [9.17, 15) is 0 Å². The van der Waals surface area contributed by atoms with Crippen LogP contribution in [0, 0.1) is 6.92 Å². The molecular formula is C9H14N4O. The fourth-order valence-electron chi connectivity index (χ4n) is 1.61. The summed E-state index contributed by atoms with van der Waals surface area (Å²) in [5.41, 5.74) is 4.23. The molecule has 5 nitrogen and oxygen atoms in total. The monoisotopic (exact) mass is 194 g/mol. The van der Waals surface area contributed by atoms with Gasteiger partial charge in [0.1, 0.15) is 6.33 Å². The average Bonchev–Trinajstić information content (AvgIpc) is 2.71. The predicted octanol–water partition coefficient (Wildman–Crippen LogP) is 0.508. The molecular weight excluding hydrogens is 180 g/mol. The second-order valence-electron chi connectivity index (χ2n) is 3.24. The molecule has 14 heavy (non-hydrogen) atoms. The van der Waals surface area contributed by atoms with E-state index in [1.165, 1.54) is 6.33 Å². The van der Waals surface area contributed by atoms with Crippen LogP contribution in [-0.2, 0) is 0 Å². The highest BCUT2D eigenvalue weighted by Gasteiger charge is 2.17. The van der Waals surface area contributed by atoms with Crippen molar-refractivity contribution in [2.75, 3.05) is 25.2 Å². The van der Waals surface area contributed by atoms with Crippen molar-refractivity contribution in [3.8, 4) is 5.88 Å². The third-order valence-corrected chi connectivity index (χ3v) is 2.32. The van der Waals surface area contributed by atoms with Crippen LogP contribution in [0.15, 0.2) is 6.33 Å². The van der Waals surface area contributed by atoms with Crippen LogP contribution in [-0.4, -0.2) is 30.2 Å². The maximum atomic E-state index is 5.14. The minimum Gasteiger partial charge on any atom is -0.481 e. The number of rotatable bonds is 2. The van der Waals surface area contributed by atoms with Crippen molar-refractivity contribution in [3.05, 3.63) is 11.9 Å². The molecule has 2 heterocycles. The lowest BCUT2D eigenvalue weighted by atomic mass is 10.3. The van der Waals surface area contributed by atoms with Crippen molar-refractivity contribution in [2.24, 2.45) is 0 Å². The second kappa shape index (κ2) is 3.79. The Hall–Kier alpha value is -1.36. The lowest BCUT2D eigenvalue weighted by Crippen LogP contribution is -2.32. The molecule has 1 fully saturated rings. The predicted molar refractivity (Wildman–Crippen MR) is 53.3 cm³/mol. The van der Waals surface area contributed by atoms with Crippen molar-refractivity contribution in [1.82, 2.24) is 15.4 Å². The Bertz CT molecular complexity index is 323. The molecule has 2 rings (SSSR count). The normalized spacial score (nSPS) is 16.0. The molecule has 1 aromatic heterocycles. The minimum absolute atomic E-state index is 0.642. The van der Waals surface area contributed by atoms with Gasteiger partial charge in [-0.2, -0.15) is 0 Å². The van der Waals surface area contributed by atoms with Gasteiger partial charge in [0.15, 0.2) is 5.82 Å². The lowest BCUT2D eigenvalue weighted by Gasteiger charge is -2.19. The maximum absolute atomic E-state index is 5.14. The molecule has 0 saturated carbocycles. The summed E-state index contributed by atoms with van der Waals surface area (Å²) in [6.45, 7) is 3.96. The van der Waals surface area contributed by atoms with Crippen molar-refractivity contribution in [2.45, 2.75) is 13.3 Å². The number of anilines is 1. The molecule has 76 valence electrons. The third kappa shape index (κ3) is 1.50. The average molecular weight is 194 g/mol. The van der Waals surface area contributed by atoms with E-state index in [1.807, 2.05) is 11.9 Å². The Morgan fingerprint density at radius 3 is 3.00 bits per heavy atom. The van der Waals surface area contributed by atoms with Gasteiger partial charge in [-0.05, 0) is 13.3 Å². The van der Waals surface area contributed by atoms with Gasteiger partial charge >= 0.3 is 0 Å². The smallest absolute Gasteiger partial charge is 0.221 e. The van der Waals surface area contributed by atoms with Crippen LogP contribution >= 0.6 is 0 Å². The van der Waals surface area contributed by atoms with Gasteiger partial charge in [0.25, 0.3) is 0 Å². The summed E-state index contributed by atoms with van der Waals surface area (Å²) in [5.74, 6) is 1.55. The van der Waals surface area contributed by atoms with E-state index in [2.05, 4.69) is 15.4 Å². The van der Waals surface area contributed by atoms with Gasteiger partial charge in [0.05, 0.1) is 12.7 Å². The lowest BCUT2D eigenvalue weighted by molar-refractivity contribution is 0.393. The van der Waals surface area contributed by atoms with E-state index >= 15 is 0 Å². The largest absolute Gasteiger partial charge is 0.481 e. The second-order valence-corrected chi connectivity index (χ2v) is 3.24. The number of nitrogens with zero attached hydrogens (tertiary/aromatic N) is 3. The topological polar surface area (TPSA) is 50.3 Å². The molecule has 0 unspecified atom stereocenters. The van der Waals surface area contributed by atoms with E-state index < -0.39 is 0 Å². The number of methoxy groups -OCH3 is 1. The van der Waals surface area contributed by atoms with Gasteiger partial charge < -0.3 is 4.74 Å². The molecule has 0 radical (unpaired) electrons. The zero-order valence-electron chi connectivity index (χ0n) is 8.45. The van der Waals surface area contributed by atoms with Crippen molar-refractivity contribution in [1.29, 1.82) is 0 Å². The molecule has 1 aliphatic heterocycles. The summed E-state index contributed by atoms with van der Waals surface area (Å²) >= 11 is 0. The first-order chi connectivity index (χ1) is 6.83. The number of aromatic nitrogens is 2. The SMILES string of the molecule is COc1ncnc(N2CCCN2)c1C. The Kier molecular flexibility index (Phi) is 2.49. The maximum Gasteiger partial charge on any atom is 0.221 e. The standard InChI is InChI=1S/C9H14N4O/c1-7-8(13-5-3-4-12-13)10-6-11-9(7)14-2/h6,12H,3-5H2,1-2H3. The van der Waals surface area contributed by atoms with E-state index in [4.69, 9.17) is 4.74 Å². The Morgan fingerprint density at radius 2 is 2.36 bits per heavy atom. The molecule has 0 atom stereocenters. The first-order valence-electron chi connectivity index (χ1n) is 4.69. The van der Waals surface area contributed by atoms with Crippen LogP contribution in [0.2, 0.25) is 0 Å². The molecule has 1 N–H and O–H groups in total. The fourth-order valence-corrected chi connectivity index (χ4v) is 1.61. The Balaban J connectivity index is 2.32. The Morgan fingerprint density at radius 1 is 1.50 bits per heavy atom. The van der Waals surface area contributed by atoms with E-state index in [1.54, 1.807) is 7.11 Å². The summed E-state index contributed by atoms with van der Waals surface area (Å²) < 4.78 is 5.14.